The van der Waals surface area contributed by atoms with Crippen LogP contribution in [-0.4, -0.2) is 32.4 Å². The van der Waals surface area contributed by atoms with Crippen LogP contribution in [0.25, 0.3) is 11.3 Å². The zero-order valence-electron chi connectivity index (χ0n) is 16.8. The molecule has 0 aliphatic rings. The van der Waals surface area contributed by atoms with Gasteiger partial charge in [0.2, 0.25) is 0 Å². The second kappa shape index (κ2) is 12.3. The normalized spacial score (nSPS) is 12.9. The summed E-state index contributed by atoms with van der Waals surface area (Å²) in [7, 11) is 0. The van der Waals surface area contributed by atoms with Crippen molar-refractivity contribution in [3.63, 3.8) is 0 Å². The number of benzene rings is 1. The molecule has 1 aromatic carbocycles. The maximum absolute atomic E-state index is 13.0. The first-order valence-corrected chi connectivity index (χ1v) is 9.02. The first-order chi connectivity index (χ1) is 12.1. The maximum Gasteiger partial charge on any atom is 0.0596 e. The summed E-state index contributed by atoms with van der Waals surface area (Å²) >= 11 is 0. The van der Waals surface area contributed by atoms with Crippen LogP contribution in [0.2, 0.25) is 0 Å². The summed E-state index contributed by atoms with van der Waals surface area (Å²) in [4.78, 5) is 9.20. The standard InChI is InChI=1S/C16H18FN2.C5H12O2.Ir/c1-10(2)14-9-18-16(15(19-14)11(3)4)12-5-7-13(17)8-6-12;1-4(6)3-5(2)7;/h5,7-11H,1-4H3;4-7H,3H2,1-2H3;/q-1;;. The quantitative estimate of drug-likeness (QED) is 0.537. The number of rotatable bonds is 5. The molecule has 6 heteroatoms. The summed E-state index contributed by atoms with van der Waals surface area (Å²) in [5, 5.41) is 17.1. The molecule has 2 atom stereocenters. The average molecular weight is 554 g/mol. The molecule has 0 amide bonds. The topological polar surface area (TPSA) is 66.2 Å². The zero-order valence-corrected chi connectivity index (χ0v) is 19.2. The molecule has 0 aliphatic heterocycles. The minimum Gasteiger partial charge on any atom is -0.393 e. The van der Waals surface area contributed by atoms with E-state index in [9.17, 15) is 4.39 Å². The van der Waals surface area contributed by atoms with Crippen LogP contribution >= 0.6 is 0 Å². The molecule has 4 nitrogen and oxygen atoms in total. The molecular formula is C21H30FIrN2O2-. The number of hydrogen-bond acceptors (Lipinski definition) is 4. The van der Waals surface area contributed by atoms with E-state index in [4.69, 9.17) is 15.2 Å². The molecule has 0 saturated carbocycles. The van der Waals surface area contributed by atoms with Crippen molar-refractivity contribution in [1.82, 2.24) is 9.97 Å². The zero-order chi connectivity index (χ0) is 19.9. The van der Waals surface area contributed by atoms with E-state index in [2.05, 4.69) is 38.7 Å². The number of hydrogen-bond donors (Lipinski definition) is 2. The Balaban J connectivity index is 0.000000728. The van der Waals surface area contributed by atoms with Gasteiger partial charge in [-0.05, 0) is 32.1 Å². The first kappa shape index (κ1) is 25.8. The monoisotopic (exact) mass is 554 g/mol. The van der Waals surface area contributed by atoms with Crippen molar-refractivity contribution in [1.29, 1.82) is 0 Å². The summed E-state index contributed by atoms with van der Waals surface area (Å²) in [5.41, 5.74) is 3.50. The number of aliphatic hydroxyl groups excluding tert-OH is 2. The third-order valence-electron chi connectivity index (χ3n) is 3.67. The van der Waals surface area contributed by atoms with Gasteiger partial charge in [0.05, 0.1) is 17.9 Å². The van der Waals surface area contributed by atoms with Gasteiger partial charge in [0.25, 0.3) is 0 Å². The molecule has 1 heterocycles. The van der Waals surface area contributed by atoms with Gasteiger partial charge < -0.3 is 15.2 Å². The fourth-order valence-electron chi connectivity index (χ4n) is 2.35. The van der Waals surface area contributed by atoms with Crippen molar-refractivity contribution in [2.45, 2.75) is 72.0 Å². The molecule has 153 valence electrons. The van der Waals surface area contributed by atoms with Crippen LogP contribution in [0.1, 0.15) is 71.2 Å². The molecule has 0 spiro atoms. The molecule has 27 heavy (non-hydrogen) atoms. The van der Waals surface area contributed by atoms with Gasteiger partial charge in [-0.15, -0.1) is 29.8 Å². The molecule has 2 rings (SSSR count). The van der Waals surface area contributed by atoms with E-state index in [1.54, 1.807) is 26.1 Å². The summed E-state index contributed by atoms with van der Waals surface area (Å²) in [6, 6.07) is 7.37. The number of aliphatic hydroxyl groups is 2. The van der Waals surface area contributed by atoms with Gasteiger partial charge in [0, 0.05) is 43.5 Å². The van der Waals surface area contributed by atoms with Crippen molar-refractivity contribution < 1.29 is 34.7 Å². The third-order valence-corrected chi connectivity index (χ3v) is 3.67. The van der Waals surface area contributed by atoms with Crippen molar-refractivity contribution >= 4 is 0 Å². The molecule has 0 saturated heterocycles. The maximum atomic E-state index is 13.0. The Bertz CT molecular complexity index is 668. The van der Waals surface area contributed by atoms with Crippen molar-refractivity contribution in [2.24, 2.45) is 0 Å². The van der Waals surface area contributed by atoms with E-state index in [-0.39, 0.29) is 44.0 Å². The summed E-state index contributed by atoms with van der Waals surface area (Å²) in [6.45, 7) is 11.7. The Morgan fingerprint density at radius 3 is 1.96 bits per heavy atom. The minimum absolute atomic E-state index is 0. The molecule has 1 radical (unpaired) electrons. The Morgan fingerprint density at radius 1 is 1.00 bits per heavy atom. The van der Waals surface area contributed by atoms with Crippen molar-refractivity contribution in [2.75, 3.05) is 0 Å². The van der Waals surface area contributed by atoms with Crippen LogP contribution in [-0.2, 0) is 20.1 Å². The molecule has 0 fully saturated rings. The summed E-state index contributed by atoms with van der Waals surface area (Å²) in [6.07, 6.45) is 1.52. The van der Waals surface area contributed by atoms with E-state index < -0.39 is 0 Å². The Labute approximate surface area is 175 Å². The Morgan fingerprint density at radius 2 is 1.59 bits per heavy atom. The van der Waals surface area contributed by atoms with E-state index >= 15 is 0 Å². The largest absolute Gasteiger partial charge is 0.393 e. The fraction of sp³-hybridized carbons (Fsp3) is 0.524. The van der Waals surface area contributed by atoms with Gasteiger partial charge in [-0.2, -0.15) is 0 Å². The van der Waals surface area contributed by atoms with E-state index in [0.717, 1.165) is 22.6 Å². The van der Waals surface area contributed by atoms with Gasteiger partial charge in [0.15, 0.2) is 0 Å². The van der Waals surface area contributed by atoms with Crippen LogP contribution in [0.3, 0.4) is 0 Å². The van der Waals surface area contributed by atoms with E-state index in [1.807, 2.05) is 0 Å². The molecule has 2 N–H and O–H groups in total. The number of aromatic nitrogens is 2. The van der Waals surface area contributed by atoms with Crippen LogP contribution in [0.4, 0.5) is 4.39 Å². The van der Waals surface area contributed by atoms with Gasteiger partial charge in [-0.1, -0.05) is 27.7 Å². The van der Waals surface area contributed by atoms with Gasteiger partial charge in [-0.3, -0.25) is 9.37 Å². The predicted octanol–water partition coefficient (Wildman–Crippen LogP) is 4.47. The van der Waals surface area contributed by atoms with Crippen LogP contribution in [0, 0.1) is 11.9 Å². The van der Waals surface area contributed by atoms with Gasteiger partial charge in [0.1, 0.15) is 0 Å². The fourth-order valence-corrected chi connectivity index (χ4v) is 2.35. The molecular weight excluding hydrogens is 523 g/mol. The minimum atomic E-state index is -0.375. The predicted molar refractivity (Wildman–Crippen MR) is 102 cm³/mol. The summed E-state index contributed by atoms with van der Waals surface area (Å²) in [5.74, 6) is 0.317. The van der Waals surface area contributed by atoms with Gasteiger partial charge in [-0.25, -0.2) is 0 Å². The van der Waals surface area contributed by atoms with E-state index in [0.29, 0.717) is 12.3 Å². The Kier molecular flexibility index (Phi) is 11.7. The molecule has 0 bridgehead atoms. The second-order valence-corrected chi connectivity index (χ2v) is 7.19. The molecule has 2 aromatic rings. The molecule has 0 aliphatic carbocycles. The summed E-state index contributed by atoms with van der Waals surface area (Å²) < 4.78 is 13.0. The SMILES string of the molecule is CC(C)c1cnc(-c2[c-]cc(F)cc2)c(C(C)C)n1.CC(O)CC(C)O.[Ir]. The van der Waals surface area contributed by atoms with Crippen LogP contribution in [0.15, 0.2) is 24.4 Å². The Hall–Kier alpha value is -1.20. The third kappa shape index (κ3) is 9.02. The molecule has 2 unspecified atom stereocenters. The number of halogens is 1. The molecule has 1 aromatic heterocycles. The first-order valence-electron chi connectivity index (χ1n) is 9.02. The van der Waals surface area contributed by atoms with Crippen LogP contribution in [0.5, 0.6) is 0 Å². The van der Waals surface area contributed by atoms with Crippen molar-refractivity contribution in [3.05, 3.63) is 47.7 Å². The smallest absolute Gasteiger partial charge is 0.0596 e. The second-order valence-electron chi connectivity index (χ2n) is 7.19. The van der Waals surface area contributed by atoms with E-state index in [1.165, 1.54) is 12.1 Å². The van der Waals surface area contributed by atoms with Gasteiger partial charge >= 0.3 is 0 Å². The average Bonchev–Trinajstić information content (AvgIpc) is 2.54. The van der Waals surface area contributed by atoms with Crippen LogP contribution < -0.4 is 0 Å². The number of nitrogens with zero attached hydrogens (tertiary/aromatic N) is 2. The van der Waals surface area contributed by atoms with Crippen molar-refractivity contribution in [3.8, 4) is 11.3 Å².